The maximum Gasteiger partial charge on any atom is 0.267 e. The number of likely N-dealkylation sites (N-methyl/N-ethyl adjacent to an activating group) is 1. The molecule has 104 valence electrons. The fourth-order valence-electron chi connectivity index (χ4n) is 2.03. The number of amides is 1. The standard InChI is InChI=1S/C13H14N4O3/c1-8-13(19)17(2)10-7-9(3-4-12(10)20-8)11(18)5-6-15-16-14/h3-4,7-8H,5-6H2,1-2H3. The first kappa shape index (κ1) is 13.9. The van der Waals surface area contributed by atoms with Crippen LogP contribution in [0, 0.1) is 0 Å². The molecule has 1 aromatic rings. The number of hydrogen-bond donors (Lipinski definition) is 0. The number of carbonyl (C=O) groups is 2. The molecule has 0 fully saturated rings. The van der Waals surface area contributed by atoms with Crippen LogP contribution in [0.1, 0.15) is 23.7 Å². The van der Waals surface area contributed by atoms with E-state index >= 15 is 0 Å². The summed E-state index contributed by atoms with van der Waals surface area (Å²) >= 11 is 0. The number of benzene rings is 1. The topological polar surface area (TPSA) is 95.4 Å². The molecule has 1 aromatic carbocycles. The number of azide groups is 1. The van der Waals surface area contributed by atoms with E-state index in [1.54, 1.807) is 32.2 Å². The Bertz CT molecular complexity index is 608. The van der Waals surface area contributed by atoms with Crippen molar-refractivity contribution in [2.24, 2.45) is 5.11 Å². The monoisotopic (exact) mass is 274 g/mol. The van der Waals surface area contributed by atoms with Crippen molar-refractivity contribution >= 4 is 17.4 Å². The molecule has 7 nitrogen and oxygen atoms in total. The molecule has 2 rings (SSSR count). The molecule has 1 heterocycles. The lowest BCUT2D eigenvalue weighted by Gasteiger charge is -2.30. The van der Waals surface area contributed by atoms with Crippen molar-refractivity contribution in [2.45, 2.75) is 19.4 Å². The minimum Gasteiger partial charge on any atom is -0.479 e. The highest BCUT2D eigenvalue weighted by Crippen LogP contribution is 2.34. The van der Waals surface area contributed by atoms with Gasteiger partial charge in [0.25, 0.3) is 5.91 Å². The van der Waals surface area contributed by atoms with Crippen LogP contribution in [-0.4, -0.2) is 31.4 Å². The molecule has 0 aliphatic carbocycles. The van der Waals surface area contributed by atoms with Gasteiger partial charge in [0.2, 0.25) is 0 Å². The van der Waals surface area contributed by atoms with E-state index in [9.17, 15) is 9.59 Å². The van der Waals surface area contributed by atoms with E-state index in [1.807, 2.05) is 0 Å². The second kappa shape index (κ2) is 5.63. The van der Waals surface area contributed by atoms with Gasteiger partial charge in [0, 0.05) is 30.5 Å². The number of fused-ring (bicyclic) bond motifs is 1. The lowest BCUT2D eigenvalue weighted by molar-refractivity contribution is -0.125. The first-order valence-electron chi connectivity index (χ1n) is 6.17. The van der Waals surface area contributed by atoms with Crippen LogP contribution in [0.5, 0.6) is 5.75 Å². The van der Waals surface area contributed by atoms with E-state index in [1.165, 1.54) is 4.90 Å². The number of anilines is 1. The van der Waals surface area contributed by atoms with Gasteiger partial charge in [-0.25, -0.2) is 0 Å². The summed E-state index contributed by atoms with van der Waals surface area (Å²) in [5.74, 6) is 0.280. The molecule has 1 aliphatic rings. The zero-order valence-electron chi connectivity index (χ0n) is 11.2. The number of carbonyl (C=O) groups excluding carboxylic acids is 2. The Hall–Kier alpha value is -2.53. The van der Waals surface area contributed by atoms with E-state index in [4.69, 9.17) is 10.3 Å². The number of hydrogen-bond acceptors (Lipinski definition) is 4. The molecule has 0 saturated heterocycles. The smallest absolute Gasteiger partial charge is 0.267 e. The Morgan fingerprint density at radius 2 is 2.30 bits per heavy atom. The second-order valence-corrected chi connectivity index (χ2v) is 4.47. The largest absolute Gasteiger partial charge is 0.479 e. The summed E-state index contributed by atoms with van der Waals surface area (Å²) in [6.07, 6.45) is -0.392. The van der Waals surface area contributed by atoms with Crippen molar-refractivity contribution in [3.8, 4) is 5.75 Å². The van der Waals surface area contributed by atoms with E-state index < -0.39 is 6.10 Å². The summed E-state index contributed by atoms with van der Waals surface area (Å²) in [7, 11) is 1.65. The fraction of sp³-hybridized carbons (Fsp3) is 0.385. The van der Waals surface area contributed by atoms with E-state index in [-0.39, 0.29) is 24.7 Å². The van der Waals surface area contributed by atoms with Crippen LogP contribution in [0.25, 0.3) is 10.4 Å². The lowest BCUT2D eigenvalue weighted by Crippen LogP contribution is -2.42. The Labute approximate surface area is 115 Å². The third-order valence-corrected chi connectivity index (χ3v) is 3.13. The summed E-state index contributed by atoms with van der Waals surface area (Å²) < 4.78 is 5.48. The summed E-state index contributed by atoms with van der Waals surface area (Å²) in [5.41, 5.74) is 9.22. The lowest BCUT2D eigenvalue weighted by atomic mass is 10.1. The van der Waals surface area contributed by atoms with Gasteiger partial charge in [-0.2, -0.15) is 0 Å². The Balaban J connectivity index is 2.25. The molecule has 0 bridgehead atoms. The third-order valence-electron chi connectivity index (χ3n) is 3.13. The van der Waals surface area contributed by atoms with Crippen LogP contribution in [0.4, 0.5) is 5.69 Å². The number of Topliss-reactive ketones (excluding diaryl/α,β-unsaturated/α-hetero) is 1. The second-order valence-electron chi connectivity index (χ2n) is 4.47. The van der Waals surface area contributed by atoms with Crippen LogP contribution >= 0.6 is 0 Å². The highest BCUT2D eigenvalue weighted by Gasteiger charge is 2.29. The van der Waals surface area contributed by atoms with Crippen molar-refractivity contribution < 1.29 is 14.3 Å². The average Bonchev–Trinajstić information content (AvgIpc) is 2.45. The van der Waals surface area contributed by atoms with Gasteiger partial charge in [0.1, 0.15) is 5.75 Å². The highest BCUT2D eigenvalue weighted by molar-refractivity contribution is 6.02. The predicted octanol–water partition coefficient (Wildman–Crippen LogP) is 2.31. The van der Waals surface area contributed by atoms with Gasteiger partial charge in [-0.15, -0.1) is 0 Å². The molecule has 1 aliphatic heterocycles. The Morgan fingerprint density at radius 1 is 1.55 bits per heavy atom. The number of ketones is 1. The molecule has 0 radical (unpaired) electrons. The molecule has 0 aromatic heterocycles. The molecular weight excluding hydrogens is 260 g/mol. The van der Waals surface area contributed by atoms with Crippen molar-refractivity contribution in [1.29, 1.82) is 0 Å². The van der Waals surface area contributed by atoms with Crippen LogP contribution in [-0.2, 0) is 4.79 Å². The van der Waals surface area contributed by atoms with Crippen molar-refractivity contribution in [3.05, 3.63) is 34.2 Å². The minimum atomic E-state index is -0.529. The molecular formula is C13H14N4O3. The van der Waals surface area contributed by atoms with Crippen LogP contribution in [0.15, 0.2) is 23.3 Å². The van der Waals surface area contributed by atoms with Crippen molar-refractivity contribution in [1.82, 2.24) is 0 Å². The van der Waals surface area contributed by atoms with Gasteiger partial charge < -0.3 is 9.64 Å². The van der Waals surface area contributed by atoms with Gasteiger partial charge in [0.05, 0.1) is 5.69 Å². The molecule has 1 unspecified atom stereocenters. The Morgan fingerprint density at radius 3 is 3.00 bits per heavy atom. The maximum absolute atomic E-state index is 11.9. The van der Waals surface area contributed by atoms with Gasteiger partial charge in [-0.1, -0.05) is 5.11 Å². The zero-order chi connectivity index (χ0) is 14.7. The summed E-state index contributed by atoms with van der Waals surface area (Å²) in [4.78, 5) is 27.9. The van der Waals surface area contributed by atoms with Gasteiger partial charge in [-0.05, 0) is 30.7 Å². The quantitative estimate of drug-likeness (QED) is 0.365. The number of rotatable bonds is 4. The average molecular weight is 274 g/mol. The molecule has 0 spiro atoms. The first-order chi connectivity index (χ1) is 9.54. The Kier molecular flexibility index (Phi) is 3.91. The summed E-state index contributed by atoms with van der Waals surface area (Å²) in [5, 5.41) is 3.33. The van der Waals surface area contributed by atoms with Crippen molar-refractivity contribution in [3.63, 3.8) is 0 Å². The third kappa shape index (κ3) is 2.57. The number of ether oxygens (including phenoxy) is 1. The van der Waals surface area contributed by atoms with E-state index in [0.717, 1.165) is 0 Å². The van der Waals surface area contributed by atoms with Gasteiger partial charge >= 0.3 is 0 Å². The first-order valence-corrected chi connectivity index (χ1v) is 6.17. The van der Waals surface area contributed by atoms with Crippen LogP contribution in [0.3, 0.4) is 0 Å². The molecule has 1 atom stereocenters. The van der Waals surface area contributed by atoms with Crippen LogP contribution < -0.4 is 9.64 Å². The normalized spacial score (nSPS) is 17.0. The maximum atomic E-state index is 11.9. The fourth-order valence-corrected chi connectivity index (χ4v) is 2.03. The molecule has 1 amide bonds. The van der Waals surface area contributed by atoms with E-state index in [2.05, 4.69) is 10.0 Å². The van der Waals surface area contributed by atoms with Gasteiger partial charge in [0.15, 0.2) is 11.9 Å². The summed E-state index contributed by atoms with van der Waals surface area (Å²) in [6, 6.07) is 4.95. The van der Waals surface area contributed by atoms with Gasteiger partial charge in [-0.3, -0.25) is 9.59 Å². The molecule has 20 heavy (non-hydrogen) atoms. The zero-order valence-corrected chi connectivity index (χ0v) is 11.2. The molecule has 7 heteroatoms. The van der Waals surface area contributed by atoms with E-state index in [0.29, 0.717) is 17.0 Å². The molecule has 0 N–H and O–H groups in total. The predicted molar refractivity (Wildman–Crippen MR) is 72.9 cm³/mol. The van der Waals surface area contributed by atoms with Crippen LogP contribution in [0.2, 0.25) is 0 Å². The summed E-state index contributed by atoms with van der Waals surface area (Å²) in [6.45, 7) is 1.80. The molecule has 0 saturated carbocycles. The number of nitrogens with zero attached hydrogens (tertiary/aromatic N) is 4. The SMILES string of the molecule is CC1Oc2ccc(C(=O)CCN=[N+]=[N-])cc2N(C)C1=O. The highest BCUT2D eigenvalue weighted by atomic mass is 16.5. The minimum absolute atomic E-state index is 0.120. The van der Waals surface area contributed by atoms with Crippen molar-refractivity contribution in [2.75, 3.05) is 18.5 Å².